The minimum Gasteiger partial charge on any atom is -0.399 e. The van der Waals surface area contributed by atoms with E-state index in [1.165, 1.54) is 36.4 Å². The average molecular weight is 1090 g/mol. The van der Waals surface area contributed by atoms with Crippen molar-refractivity contribution in [3.63, 3.8) is 0 Å². The van der Waals surface area contributed by atoms with Crippen LogP contribution in [0.2, 0.25) is 0 Å². The second-order valence-electron chi connectivity index (χ2n) is 18.5. The number of nitrogens with one attached hydrogen (secondary N) is 2. The summed E-state index contributed by atoms with van der Waals surface area (Å²) in [6.45, 7) is 19.4. The summed E-state index contributed by atoms with van der Waals surface area (Å²) in [7, 11) is -0.493. The lowest BCUT2D eigenvalue weighted by molar-refractivity contribution is -0.124. The first-order valence-corrected chi connectivity index (χ1v) is 23.9. The highest BCUT2D eigenvalue weighted by Crippen LogP contribution is 2.37. The number of aromatic nitrogens is 6. The van der Waals surface area contributed by atoms with Crippen molar-refractivity contribution in [2.45, 2.75) is 92.6 Å². The van der Waals surface area contributed by atoms with Crippen molar-refractivity contribution in [2.75, 3.05) is 22.1 Å². The van der Waals surface area contributed by atoms with Crippen LogP contribution in [0.3, 0.4) is 0 Å². The molecule has 72 heavy (non-hydrogen) atoms. The number of nitrogens with two attached hydrogens (primary N) is 2. The molecule has 1 aliphatic rings. The van der Waals surface area contributed by atoms with Crippen molar-refractivity contribution in [3.8, 4) is 11.3 Å². The van der Waals surface area contributed by atoms with Gasteiger partial charge in [-0.05, 0) is 168 Å². The number of nitrogens with zero attached hydrogens (tertiary/aromatic N) is 6. The van der Waals surface area contributed by atoms with Gasteiger partial charge in [0, 0.05) is 29.3 Å². The molecule has 8 aromatic rings. The van der Waals surface area contributed by atoms with Crippen LogP contribution in [-0.4, -0.2) is 69.1 Å². The molecule has 0 saturated carbocycles. The molecule has 0 radical (unpaired) electrons. The number of aryl methyl sites for hydroxylation is 6. The Kier molecular flexibility index (Phi) is 15.5. The number of aliphatic hydroxyl groups excluding tert-OH is 2. The molecule has 0 spiro atoms. The zero-order chi connectivity index (χ0) is 52.6. The van der Waals surface area contributed by atoms with Crippen LogP contribution in [0.4, 0.5) is 31.8 Å². The molecule has 1 fully saturated rings. The number of nitrogen functional groups attached to an aromatic ring is 2. The van der Waals surface area contributed by atoms with E-state index in [1.54, 1.807) is 24.3 Å². The lowest BCUT2D eigenvalue weighted by Crippen LogP contribution is -2.41. The number of carbonyl (C=O) groups excluding carboxylic acids is 2. The summed E-state index contributed by atoms with van der Waals surface area (Å²) in [6.07, 6.45) is 0.883. The molecular formula is C52H56BF2IN10O6. The van der Waals surface area contributed by atoms with Gasteiger partial charge in [0.1, 0.15) is 49.5 Å². The average Bonchev–Trinajstić information content (AvgIpc) is 3.87. The largest absolute Gasteiger partial charge is 0.495 e. The Morgan fingerprint density at radius 1 is 0.653 bits per heavy atom. The Morgan fingerprint density at radius 2 is 1.11 bits per heavy atom. The van der Waals surface area contributed by atoms with Gasteiger partial charge in [0.15, 0.2) is 18.0 Å². The molecule has 0 bridgehead atoms. The molecule has 9 rings (SSSR count). The van der Waals surface area contributed by atoms with E-state index in [0.717, 1.165) is 72.1 Å². The van der Waals surface area contributed by atoms with Gasteiger partial charge in [-0.3, -0.25) is 18.4 Å². The van der Waals surface area contributed by atoms with Gasteiger partial charge >= 0.3 is 7.12 Å². The molecule has 4 aromatic heterocycles. The number of anilines is 4. The molecule has 1 saturated heterocycles. The number of hydrogen-bond donors (Lipinski definition) is 6. The molecule has 4 aromatic carbocycles. The molecular weight excluding hydrogens is 1040 g/mol. The maximum atomic E-state index is 13.4. The fourth-order valence-electron chi connectivity index (χ4n) is 8.02. The molecule has 2 atom stereocenters. The molecule has 20 heteroatoms. The third-order valence-corrected chi connectivity index (χ3v) is 13.2. The Bertz CT molecular complexity index is 3350. The summed E-state index contributed by atoms with van der Waals surface area (Å²) in [5.41, 5.74) is 20.0. The first-order chi connectivity index (χ1) is 33.8. The summed E-state index contributed by atoms with van der Waals surface area (Å²) in [5.74, 6) is 0.366. The van der Waals surface area contributed by atoms with E-state index in [9.17, 15) is 28.6 Å². The summed E-state index contributed by atoms with van der Waals surface area (Å²) in [5, 5.41) is 25.7. The summed E-state index contributed by atoms with van der Waals surface area (Å²) in [4.78, 5) is 42.3. The number of benzene rings is 4. The van der Waals surface area contributed by atoms with Crippen LogP contribution in [0.15, 0.2) is 97.3 Å². The second-order valence-corrected chi connectivity index (χ2v) is 19.5. The Morgan fingerprint density at radius 3 is 1.60 bits per heavy atom. The number of hydrogen-bond acceptors (Lipinski definition) is 12. The molecule has 374 valence electrons. The lowest BCUT2D eigenvalue weighted by Gasteiger charge is -2.32. The number of amides is 2. The van der Waals surface area contributed by atoms with Gasteiger partial charge in [-0.15, -0.1) is 0 Å². The molecule has 2 unspecified atom stereocenters. The highest BCUT2D eigenvalue weighted by atomic mass is 127. The number of halogens is 3. The molecule has 1 aliphatic heterocycles. The van der Waals surface area contributed by atoms with Crippen LogP contribution in [0.5, 0.6) is 0 Å². The van der Waals surface area contributed by atoms with Gasteiger partial charge in [0.05, 0.1) is 22.6 Å². The van der Waals surface area contributed by atoms with Gasteiger partial charge < -0.3 is 41.6 Å². The molecule has 8 N–H and O–H groups in total. The van der Waals surface area contributed by atoms with Crippen LogP contribution >= 0.6 is 22.6 Å². The van der Waals surface area contributed by atoms with E-state index in [2.05, 4.69) is 53.2 Å². The highest BCUT2D eigenvalue weighted by molar-refractivity contribution is 14.1. The Hall–Kier alpha value is -6.85. The smallest absolute Gasteiger partial charge is 0.399 e. The van der Waals surface area contributed by atoms with E-state index in [0.29, 0.717) is 28.7 Å². The third-order valence-electron chi connectivity index (χ3n) is 12.5. The number of aliphatic hydroxyl groups is 2. The van der Waals surface area contributed by atoms with Crippen LogP contribution in [0.25, 0.3) is 22.3 Å². The number of carbonyl (C=O) groups is 2. The Balaban J connectivity index is 0.000000170. The molecule has 0 aliphatic carbocycles. The number of fused-ring (bicyclic) bond motifs is 2. The fraction of sp³-hybridized carbons (Fsp3) is 0.269. The van der Waals surface area contributed by atoms with Crippen molar-refractivity contribution < 1.29 is 37.9 Å². The SMILES string of the molecule is Cc1cc(NC(=O)C(O)c2cccc(F)c2)ccc1B1OC(C)(C)C(C)(C)O1.Cc1cn2c(C)nc(-c3ccc(NC(=O)C(O)c4cccc(F)c4)cc3C)c2c(N)n1.Cc1cn2c(C)nc(I)c2c(N)n1. The van der Waals surface area contributed by atoms with E-state index >= 15 is 0 Å². The lowest BCUT2D eigenvalue weighted by atomic mass is 9.76. The number of imidazole rings is 2. The maximum Gasteiger partial charge on any atom is 0.495 e. The van der Waals surface area contributed by atoms with E-state index in [-0.39, 0.29) is 11.1 Å². The monoisotopic (exact) mass is 1090 g/mol. The van der Waals surface area contributed by atoms with Gasteiger partial charge in [-0.1, -0.05) is 36.4 Å². The van der Waals surface area contributed by atoms with Crippen molar-refractivity contribution in [2.24, 2.45) is 0 Å². The van der Waals surface area contributed by atoms with Crippen molar-refractivity contribution >= 4 is 81.0 Å². The summed E-state index contributed by atoms with van der Waals surface area (Å²) < 4.78 is 43.6. The zero-order valence-electron chi connectivity index (χ0n) is 41.5. The summed E-state index contributed by atoms with van der Waals surface area (Å²) >= 11 is 2.16. The normalized spacial score (nSPS) is 14.5. The number of rotatable bonds is 8. The van der Waals surface area contributed by atoms with Crippen molar-refractivity contribution in [1.29, 1.82) is 0 Å². The minimum atomic E-state index is -1.48. The van der Waals surface area contributed by atoms with Gasteiger partial charge in [-0.2, -0.15) is 0 Å². The second kappa shape index (κ2) is 21.1. The van der Waals surface area contributed by atoms with Gasteiger partial charge in [0.25, 0.3) is 11.8 Å². The van der Waals surface area contributed by atoms with Gasteiger partial charge in [-0.25, -0.2) is 28.7 Å². The van der Waals surface area contributed by atoms with Crippen LogP contribution in [0.1, 0.15) is 85.2 Å². The van der Waals surface area contributed by atoms with Gasteiger partial charge in [0.2, 0.25) is 0 Å². The quantitative estimate of drug-likeness (QED) is 0.0623. The molecule has 5 heterocycles. The fourth-order valence-corrected chi connectivity index (χ4v) is 8.91. The topological polar surface area (TPSA) is 230 Å². The van der Waals surface area contributed by atoms with E-state index < -0.39 is 54.0 Å². The minimum absolute atomic E-state index is 0.184. The third kappa shape index (κ3) is 11.4. The van der Waals surface area contributed by atoms with Crippen molar-refractivity contribution in [3.05, 3.63) is 158 Å². The zero-order valence-corrected chi connectivity index (χ0v) is 43.6. The maximum absolute atomic E-state index is 13.4. The molecule has 2 amide bonds. The van der Waals surface area contributed by atoms with Crippen LogP contribution in [-0.2, 0) is 18.9 Å². The van der Waals surface area contributed by atoms with E-state index in [1.807, 2.05) is 103 Å². The van der Waals surface area contributed by atoms with Crippen LogP contribution in [0, 0.1) is 56.9 Å². The predicted molar refractivity (Wildman–Crippen MR) is 284 cm³/mol. The first-order valence-electron chi connectivity index (χ1n) is 22.8. The van der Waals surface area contributed by atoms with Crippen LogP contribution < -0.4 is 27.6 Å². The first kappa shape index (κ1) is 53.0. The van der Waals surface area contributed by atoms with E-state index in [4.69, 9.17) is 20.8 Å². The van der Waals surface area contributed by atoms with Crippen molar-refractivity contribution in [1.82, 2.24) is 28.7 Å². The summed E-state index contributed by atoms with van der Waals surface area (Å²) in [6, 6.07) is 21.3. The Labute approximate surface area is 429 Å². The highest BCUT2D eigenvalue weighted by Gasteiger charge is 2.52. The molecule has 16 nitrogen and oxygen atoms in total. The predicted octanol–water partition coefficient (Wildman–Crippen LogP) is 8.35. The standard InChI is InChI=1S/C23H22FN5O2.C21H25BFNO4.C8H9IN4/c1-12-9-17(28-23(31)21(30)15-5-4-6-16(24)10-15)7-8-18(12)19-20-22(25)26-13(2)11-29(20)14(3)27-19;1-13-11-16(24-19(26)18(25)14-7-6-8-15(23)12-14)9-10-17(13)22-27-20(2,3)21(4,5)28-22;1-4-3-13-5(2)12-7(9)6(13)8(10)11-4/h4-11,21,30H,1-3H3,(H2,25,26)(H,28,31);6-12,18,25H,1-5H3,(H,24,26);3H,1-2H3,(H2,10,11).